The lowest BCUT2D eigenvalue weighted by Gasteiger charge is -2.18. The van der Waals surface area contributed by atoms with E-state index in [1.165, 1.54) is 25.5 Å². The van der Waals surface area contributed by atoms with E-state index in [1.807, 2.05) is 6.07 Å². The maximum Gasteiger partial charge on any atom is 0.267 e. The molecule has 4 N–H and O–H groups in total. The molecule has 1 aliphatic rings. The summed E-state index contributed by atoms with van der Waals surface area (Å²) in [5.74, 6) is -0.632. The Morgan fingerprint density at radius 1 is 1.19 bits per heavy atom. The van der Waals surface area contributed by atoms with Crippen LogP contribution in [0.5, 0.6) is 0 Å². The maximum atomic E-state index is 15.1. The molecular weight excluding hydrogens is 469 g/mol. The van der Waals surface area contributed by atoms with Crippen LogP contribution in [0.2, 0.25) is 0 Å². The summed E-state index contributed by atoms with van der Waals surface area (Å²) in [7, 11) is 3.15. The minimum absolute atomic E-state index is 0.0257. The van der Waals surface area contributed by atoms with Gasteiger partial charge in [-0.15, -0.1) is 0 Å². The quantitative estimate of drug-likeness (QED) is 0.361. The highest BCUT2D eigenvalue weighted by Gasteiger charge is 2.23. The van der Waals surface area contributed by atoms with Crippen molar-refractivity contribution >= 4 is 45.7 Å². The number of rotatable bonds is 4. The molecule has 0 unspecified atom stereocenters. The molecule has 0 saturated carbocycles. The lowest BCUT2D eigenvalue weighted by molar-refractivity contribution is -0.130. The number of aromatic nitrogens is 5. The molecule has 0 saturated heterocycles. The highest BCUT2D eigenvalue weighted by atomic mass is 19.1. The fourth-order valence-corrected chi connectivity index (χ4v) is 3.99. The number of halogens is 1. The smallest absolute Gasteiger partial charge is 0.267 e. The van der Waals surface area contributed by atoms with Gasteiger partial charge in [0.1, 0.15) is 18.2 Å². The molecule has 0 aliphatic carbocycles. The summed E-state index contributed by atoms with van der Waals surface area (Å²) in [5.41, 5.74) is 5.91. The molecule has 0 bridgehead atoms. The predicted octanol–water partition coefficient (Wildman–Crippen LogP) is 1.27. The first-order valence-electron chi connectivity index (χ1n) is 11.0. The summed E-state index contributed by atoms with van der Waals surface area (Å²) >= 11 is 0. The summed E-state index contributed by atoms with van der Waals surface area (Å²) in [4.78, 5) is 50.0. The first-order valence-corrected chi connectivity index (χ1v) is 11.0. The normalized spacial score (nSPS) is 13.4. The molecule has 36 heavy (non-hydrogen) atoms. The van der Waals surface area contributed by atoms with Gasteiger partial charge in [0, 0.05) is 50.4 Å². The van der Waals surface area contributed by atoms with E-state index in [4.69, 9.17) is 5.73 Å². The lowest BCUT2D eigenvalue weighted by Crippen LogP contribution is -2.29. The van der Waals surface area contributed by atoms with Crippen molar-refractivity contribution in [3.8, 4) is 0 Å². The number of fused-ring (bicyclic) bond motifs is 2. The molecule has 0 atom stereocenters. The van der Waals surface area contributed by atoms with Crippen molar-refractivity contribution in [3.63, 3.8) is 0 Å². The summed E-state index contributed by atoms with van der Waals surface area (Å²) in [6, 6.07) is 4.84. The number of carbonyl (C=O) groups is 2. The van der Waals surface area contributed by atoms with Crippen LogP contribution in [0.15, 0.2) is 41.6 Å². The zero-order chi connectivity index (χ0) is 25.6. The number of carbonyl (C=O) groups excluding carboxylic acids is 2. The number of nitrogens with zero attached hydrogens (tertiary/aromatic N) is 6. The number of aromatic amines is 1. The Morgan fingerprint density at radius 2 is 2.00 bits per heavy atom. The average molecular weight is 491 g/mol. The molecule has 5 rings (SSSR count). The Labute approximate surface area is 203 Å². The lowest BCUT2D eigenvalue weighted by atomic mass is 10.0. The number of benzene rings is 1. The number of hydrogen-bond acceptors (Lipinski definition) is 8. The molecular formula is C23H22FN9O3. The maximum absolute atomic E-state index is 15.1. The number of likely N-dealkylation sites (N-methyl/N-ethyl adjacent to an activating group) is 1. The second-order valence-electron chi connectivity index (χ2n) is 8.46. The standard InChI is InChI=1S/C23H22FN9O3/c1-31-4-3-13-7-17(30-33(13)11-20(31)35)28-16-6-12-5-14(21(24)22(25)15(12)8-27-16)23(36)32(2)18-9-26-10-19(34)29-18/h5-10H,3-4,11,25H2,1-2H3,(H,29,34)(H,27,28,30). The van der Waals surface area contributed by atoms with E-state index >= 15 is 4.39 Å². The van der Waals surface area contributed by atoms with Crippen molar-refractivity contribution in [3.05, 3.63) is 64.2 Å². The minimum Gasteiger partial charge on any atom is -0.396 e. The van der Waals surface area contributed by atoms with Crippen LogP contribution in [0.1, 0.15) is 16.1 Å². The third-order valence-corrected chi connectivity index (χ3v) is 6.07. The number of hydrogen-bond donors (Lipinski definition) is 3. The van der Waals surface area contributed by atoms with Gasteiger partial charge in [0.15, 0.2) is 11.6 Å². The number of anilines is 4. The summed E-state index contributed by atoms with van der Waals surface area (Å²) in [6.45, 7) is 0.747. The molecule has 3 aromatic heterocycles. The SMILES string of the molecule is CN1CCc2cc(Nc3cc4cc(C(=O)N(C)c5cncc(=O)[nH]5)c(F)c(N)c4cn3)nn2CC1=O. The van der Waals surface area contributed by atoms with E-state index in [1.54, 1.807) is 22.7 Å². The molecule has 12 nitrogen and oxygen atoms in total. The zero-order valence-electron chi connectivity index (χ0n) is 19.4. The van der Waals surface area contributed by atoms with Gasteiger partial charge in [-0.25, -0.2) is 9.37 Å². The second-order valence-corrected chi connectivity index (χ2v) is 8.46. The van der Waals surface area contributed by atoms with Crippen LogP contribution in [0.4, 0.5) is 27.5 Å². The monoisotopic (exact) mass is 491 g/mol. The number of nitrogen functional groups attached to an aromatic ring is 1. The summed E-state index contributed by atoms with van der Waals surface area (Å²) < 4.78 is 16.7. The van der Waals surface area contributed by atoms with E-state index in [2.05, 4.69) is 25.4 Å². The number of H-pyrrole nitrogens is 1. The highest BCUT2D eigenvalue weighted by molar-refractivity contribution is 6.09. The number of amides is 2. The van der Waals surface area contributed by atoms with Gasteiger partial charge in [-0.3, -0.25) is 28.9 Å². The molecule has 4 heterocycles. The van der Waals surface area contributed by atoms with Gasteiger partial charge in [-0.1, -0.05) is 0 Å². The van der Waals surface area contributed by atoms with Crippen LogP contribution in [-0.2, 0) is 17.8 Å². The Kier molecular flexibility index (Phi) is 5.59. The van der Waals surface area contributed by atoms with Crippen molar-refractivity contribution in [2.24, 2.45) is 0 Å². The van der Waals surface area contributed by atoms with Crippen molar-refractivity contribution in [1.29, 1.82) is 0 Å². The Hall–Kier alpha value is -4.81. The topological polar surface area (TPSA) is 155 Å². The molecule has 2 amide bonds. The molecule has 4 aromatic rings. The Bertz CT molecular complexity index is 1580. The molecule has 1 aliphatic heterocycles. The van der Waals surface area contributed by atoms with Gasteiger partial charge in [-0.05, 0) is 17.5 Å². The van der Waals surface area contributed by atoms with Crippen molar-refractivity contribution in [1.82, 2.24) is 29.6 Å². The van der Waals surface area contributed by atoms with E-state index < -0.39 is 17.3 Å². The van der Waals surface area contributed by atoms with E-state index in [-0.39, 0.29) is 29.5 Å². The Morgan fingerprint density at radius 3 is 2.78 bits per heavy atom. The fourth-order valence-electron chi connectivity index (χ4n) is 3.99. The molecule has 0 radical (unpaired) electrons. The molecule has 1 aromatic carbocycles. The van der Waals surface area contributed by atoms with Crippen LogP contribution in [0.25, 0.3) is 10.8 Å². The van der Waals surface area contributed by atoms with E-state index in [0.717, 1.165) is 16.8 Å². The van der Waals surface area contributed by atoms with Gasteiger partial charge in [0.05, 0.1) is 23.6 Å². The van der Waals surface area contributed by atoms with Crippen LogP contribution >= 0.6 is 0 Å². The van der Waals surface area contributed by atoms with Crippen LogP contribution < -0.4 is 21.5 Å². The third-order valence-electron chi connectivity index (χ3n) is 6.07. The fraction of sp³-hybridized carbons (Fsp3) is 0.217. The summed E-state index contributed by atoms with van der Waals surface area (Å²) in [6.07, 6.45) is 4.42. The second kappa shape index (κ2) is 8.76. The number of pyridine rings is 1. The largest absolute Gasteiger partial charge is 0.396 e. The number of nitrogens with one attached hydrogen (secondary N) is 2. The van der Waals surface area contributed by atoms with Crippen LogP contribution in [0, 0.1) is 5.82 Å². The first kappa shape index (κ1) is 23.0. The third kappa shape index (κ3) is 4.10. The first-order chi connectivity index (χ1) is 17.2. The minimum atomic E-state index is -0.888. The molecule has 184 valence electrons. The van der Waals surface area contributed by atoms with Crippen molar-refractivity contribution in [2.45, 2.75) is 13.0 Å². The van der Waals surface area contributed by atoms with E-state index in [9.17, 15) is 14.4 Å². The van der Waals surface area contributed by atoms with Crippen molar-refractivity contribution in [2.75, 3.05) is 36.6 Å². The van der Waals surface area contributed by atoms with Crippen molar-refractivity contribution < 1.29 is 14.0 Å². The average Bonchev–Trinajstić information content (AvgIpc) is 3.18. The van der Waals surface area contributed by atoms with Gasteiger partial charge >= 0.3 is 0 Å². The predicted molar refractivity (Wildman–Crippen MR) is 131 cm³/mol. The highest BCUT2D eigenvalue weighted by Crippen LogP contribution is 2.30. The molecule has 13 heteroatoms. The summed E-state index contributed by atoms with van der Waals surface area (Å²) in [5, 5.41) is 8.35. The Balaban J connectivity index is 1.46. The number of nitrogens with two attached hydrogens (primary N) is 1. The molecule has 0 spiro atoms. The van der Waals surface area contributed by atoms with Crippen LogP contribution in [-0.4, -0.2) is 62.1 Å². The van der Waals surface area contributed by atoms with Gasteiger partial charge < -0.3 is 20.9 Å². The van der Waals surface area contributed by atoms with Gasteiger partial charge in [-0.2, -0.15) is 5.10 Å². The van der Waals surface area contributed by atoms with Gasteiger partial charge in [0.25, 0.3) is 11.5 Å². The molecule has 0 fully saturated rings. The van der Waals surface area contributed by atoms with E-state index in [0.29, 0.717) is 35.4 Å². The zero-order valence-corrected chi connectivity index (χ0v) is 19.4. The van der Waals surface area contributed by atoms with Crippen LogP contribution in [0.3, 0.4) is 0 Å². The van der Waals surface area contributed by atoms with Gasteiger partial charge in [0.2, 0.25) is 5.91 Å².